The van der Waals surface area contributed by atoms with Crippen LogP contribution in [0.1, 0.15) is 11.3 Å². The lowest BCUT2D eigenvalue weighted by Gasteiger charge is -2.16. The second kappa shape index (κ2) is 7.41. The first-order valence-electron chi connectivity index (χ1n) is 7.84. The summed E-state index contributed by atoms with van der Waals surface area (Å²) in [4.78, 5) is 9.08. The van der Waals surface area contributed by atoms with Gasteiger partial charge in [0.1, 0.15) is 30.9 Å². The maximum absolute atomic E-state index is 9.42. The number of fused-ring (bicyclic) bond motifs is 1. The highest BCUT2D eigenvalue weighted by Crippen LogP contribution is 2.47. The highest BCUT2D eigenvalue weighted by molar-refractivity contribution is 6.41. The van der Waals surface area contributed by atoms with Crippen LogP contribution in [0.25, 0.3) is 22.2 Å². The number of methoxy groups -OCH3 is 2. The number of hydrogen-bond donors (Lipinski definition) is 0. The summed E-state index contributed by atoms with van der Waals surface area (Å²) in [6.07, 6.45) is 2.40. The Morgan fingerprint density at radius 2 is 1.77 bits per heavy atom. The Kier molecular flexibility index (Phi) is 5.22. The molecule has 130 valence electrons. The second-order valence-corrected chi connectivity index (χ2v) is 6.22. The molecule has 0 bridgehead atoms. The highest BCUT2D eigenvalue weighted by atomic mass is 35.5. The lowest BCUT2D eigenvalue weighted by atomic mass is 9.99. The van der Waals surface area contributed by atoms with Gasteiger partial charge in [-0.15, -0.1) is 0 Å². The maximum Gasteiger partial charge on any atom is 0.141 e. The van der Waals surface area contributed by atoms with E-state index >= 15 is 0 Å². The molecule has 0 atom stereocenters. The molecule has 0 aliphatic carbocycles. The van der Waals surface area contributed by atoms with Crippen LogP contribution in [-0.4, -0.2) is 32.0 Å². The molecule has 2 aromatic carbocycles. The van der Waals surface area contributed by atoms with Gasteiger partial charge in [-0.3, -0.25) is 4.98 Å². The van der Waals surface area contributed by atoms with Gasteiger partial charge < -0.3 is 9.47 Å². The lowest BCUT2D eigenvalue weighted by molar-refractivity contribution is 0.395. The first-order valence-corrected chi connectivity index (χ1v) is 8.60. The maximum atomic E-state index is 9.42. The van der Waals surface area contributed by atoms with Crippen molar-refractivity contribution in [3.63, 3.8) is 0 Å². The van der Waals surface area contributed by atoms with Crippen LogP contribution in [-0.2, 0) is 6.32 Å². The fraction of sp³-hybridized carbons (Fsp3) is 0.167. The topological polar surface area (TPSA) is 68.0 Å². The van der Waals surface area contributed by atoms with Gasteiger partial charge in [-0.05, 0) is 12.4 Å². The van der Waals surface area contributed by atoms with E-state index in [1.807, 2.05) is 7.85 Å². The molecule has 5 nitrogen and oxygen atoms in total. The summed E-state index contributed by atoms with van der Waals surface area (Å²) < 4.78 is 10.7. The summed E-state index contributed by atoms with van der Waals surface area (Å²) >= 11 is 13.1. The van der Waals surface area contributed by atoms with Crippen molar-refractivity contribution in [3.8, 4) is 28.7 Å². The Bertz CT molecular complexity index is 1020. The number of rotatable bonds is 4. The summed E-state index contributed by atoms with van der Waals surface area (Å²) in [6.45, 7) is 0. The van der Waals surface area contributed by atoms with Gasteiger partial charge >= 0.3 is 0 Å². The average Bonchev–Trinajstić information content (AvgIpc) is 2.67. The van der Waals surface area contributed by atoms with Crippen molar-refractivity contribution >= 4 is 42.1 Å². The SMILES string of the molecule is BCc1cnc2c(-c3c(Cl)c(OC)cc(OC)c3Cl)ccc(C#N)c2n1. The van der Waals surface area contributed by atoms with Crippen molar-refractivity contribution in [2.45, 2.75) is 6.32 Å². The summed E-state index contributed by atoms with van der Waals surface area (Å²) in [5.74, 6) is 0.858. The summed E-state index contributed by atoms with van der Waals surface area (Å²) in [5.41, 5.74) is 3.47. The zero-order valence-electron chi connectivity index (χ0n) is 14.4. The minimum absolute atomic E-state index is 0.339. The van der Waals surface area contributed by atoms with Gasteiger partial charge in [-0.1, -0.05) is 29.3 Å². The largest absolute Gasteiger partial charge is 0.495 e. The zero-order chi connectivity index (χ0) is 18.8. The molecule has 0 N–H and O–H groups in total. The predicted molar refractivity (Wildman–Crippen MR) is 105 cm³/mol. The minimum Gasteiger partial charge on any atom is -0.495 e. The molecule has 0 fully saturated rings. The molecule has 0 aliphatic heterocycles. The van der Waals surface area contributed by atoms with Crippen LogP contribution in [0.3, 0.4) is 0 Å². The van der Waals surface area contributed by atoms with Crippen LogP contribution in [0.15, 0.2) is 24.4 Å². The van der Waals surface area contributed by atoms with Crippen LogP contribution < -0.4 is 9.47 Å². The Morgan fingerprint density at radius 3 is 2.31 bits per heavy atom. The molecule has 0 amide bonds. The van der Waals surface area contributed by atoms with Crippen molar-refractivity contribution in [2.75, 3.05) is 14.2 Å². The van der Waals surface area contributed by atoms with Crippen LogP contribution in [0, 0.1) is 11.3 Å². The van der Waals surface area contributed by atoms with E-state index < -0.39 is 0 Å². The molecule has 8 heteroatoms. The van der Waals surface area contributed by atoms with Crippen molar-refractivity contribution in [3.05, 3.63) is 45.7 Å². The van der Waals surface area contributed by atoms with E-state index in [9.17, 15) is 5.26 Å². The predicted octanol–water partition coefficient (Wildman–Crippen LogP) is 3.63. The zero-order valence-corrected chi connectivity index (χ0v) is 15.9. The monoisotopic (exact) mass is 385 g/mol. The van der Waals surface area contributed by atoms with E-state index in [2.05, 4.69) is 16.0 Å². The quantitative estimate of drug-likeness (QED) is 0.641. The van der Waals surface area contributed by atoms with Gasteiger partial charge in [0.2, 0.25) is 0 Å². The summed E-state index contributed by atoms with van der Waals surface area (Å²) in [5, 5.41) is 10.1. The molecule has 0 saturated carbocycles. The number of ether oxygens (including phenoxy) is 2. The second-order valence-electron chi connectivity index (χ2n) is 5.47. The first-order chi connectivity index (χ1) is 12.5. The molecule has 3 aromatic rings. The summed E-state index contributed by atoms with van der Waals surface area (Å²) in [6, 6.07) is 7.22. The Hall–Kier alpha value is -2.49. The van der Waals surface area contributed by atoms with Gasteiger partial charge in [0.25, 0.3) is 0 Å². The molecule has 3 rings (SSSR count). The molecular formula is C18H14BCl2N3O2. The lowest BCUT2D eigenvalue weighted by Crippen LogP contribution is -1.98. The van der Waals surface area contributed by atoms with Crippen LogP contribution >= 0.6 is 23.2 Å². The van der Waals surface area contributed by atoms with Gasteiger partial charge in [0.15, 0.2) is 0 Å². The Labute approximate surface area is 161 Å². The average molecular weight is 386 g/mol. The molecule has 0 spiro atoms. The van der Waals surface area contributed by atoms with E-state index in [0.717, 1.165) is 5.69 Å². The number of benzene rings is 2. The fourth-order valence-electron chi connectivity index (χ4n) is 2.72. The van der Waals surface area contributed by atoms with E-state index in [1.54, 1.807) is 24.4 Å². The van der Waals surface area contributed by atoms with Crippen LogP contribution in [0.4, 0.5) is 0 Å². The summed E-state index contributed by atoms with van der Waals surface area (Å²) in [7, 11) is 5.01. The van der Waals surface area contributed by atoms with Crippen molar-refractivity contribution in [1.82, 2.24) is 9.97 Å². The molecule has 0 unspecified atom stereocenters. The highest BCUT2D eigenvalue weighted by Gasteiger charge is 2.22. The normalized spacial score (nSPS) is 10.6. The Balaban J connectivity index is 2.42. The Morgan fingerprint density at radius 1 is 1.12 bits per heavy atom. The molecule has 1 aromatic heterocycles. The smallest absolute Gasteiger partial charge is 0.141 e. The van der Waals surface area contributed by atoms with E-state index in [0.29, 0.717) is 55.6 Å². The van der Waals surface area contributed by atoms with Crippen LogP contribution in [0.5, 0.6) is 11.5 Å². The number of nitrogens with zero attached hydrogens (tertiary/aromatic N) is 3. The molecule has 0 saturated heterocycles. The number of aromatic nitrogens is 2. The van der Waals surface area contributed by atoms with E-state index in [4.69, 9.17) is 32.7 Å². The standard InChI is InChI=1S/C18H14BCl2N3O2/c1-25-12-5-13(26-2)16(21)14(15(12)20)11-4-3-9(7-22)17-18(11)23-8-10(6-19)24-17/h3-5,8H,6,19H2,1-2H3. The molecule has 0 radical (unpaired) electrons. The van der Waals surface area contributed by atoms with Gasteiger partial charge in [0, 0.05) is 23.4 Å². The van der Waals surface area contributed by atoms with E-state index in [1.165, 1.54) is 14.2 Å². The third-order valence-corrected chi connectivity index (χ3v) is 4.83. The van der Waals surface area contributed by atoms with Gasteiger partial charge in [-0.2, -0.15) is 5.26 Å². The first kappa shape index (κ1) is 18.3. The third-order valence-electron chi connectivity index (χ3n) is 4.07. The van der Waals surface area contributed by atoms with Crippen molar-refractivity contribution in [1.29, 1.82) is 5.26 Å². The molecule has 1 heterocycles. The van der Waals surface area contributed by atoms with Crippen molar-refractivity contribution in [2.24, 2.45) is 0 Å². The van der Waals surface area contributed by atoms with Crippen molar-refractivity contribution < 1.29 is 9.47 Å². The van der Waals surface area contributed by atoms with E-state index in [-0.39, 0.29) is 0 Å². The van der Waals surface area contributed by atoms with Crippen LogP contribution in [0.2, 0.25) is 10.0 Å². The number of halogens is 2. The minimum atomic E-state index is 0.339. The number of nitriles is 1. The molecule has 26 heavy (non-hydrogen) atoms. The number of hydrogen-bond acceptors (Lipinski definition) is 5. The van der Waals surface area contributed by atoms with Gasteiger partial charge in [0.05, 0.1) is 41.0 Å². The fourth-order valence-corrected chi connectivity index (χ4v) is 3.42. The molecular weight excluding hydrogens is 372 g/mol. The third kappa shape index (κ3) is 2.94. The van der Waals surface area contributed by atoms with Gasteiger partial charge in [-0.25, -0.2) is 4.98 Å². The molecule has 0 aliphatic rings.